The summed E-state index contributed by atoms with van der Waals surface area (Å²) in [4.78, 5) is 18.7. The van der Waals surface area contributed by atoms with Gasteiger partial charge in [0.2, 0.25) is 0 Å². The molecular weight excluding hydrogens is 332 g/mol. The van der Waals surface area contributed by atoms with Crippen molar-refractivity contribution in [1.82, 2.24) is 14.5 Å². The minimum atomic E-state index is -1.74. The minimum Gasteiger partial charge on any atom is -0.472 e. The van der Waals surface area contributed by atoms with Crippen LogP contribution in [-0.2, 0) is 9.53 Å². The molecule has 0 spiro atoms. The number of anilines is 1. The molecule has 0 saturated carbocycles. The van der Waals surface area contributed by atoms with Gasteiger partial charge in [-0.1, -0.05) is 5.92 Å². The van der Waals surface area contributed by atoms with Crippen molar-refractivity contribution in [3.8, 4) is 11.8 Å². The molecule has 132 valence electrons. The number of aliphatic hydroxyl groups excluding tert-OH is 2. The molecule has 1 saturated heterocycles. The SMILES string of the molecule is C[C@@]1(O)C(O)C(CO)OC1n1cc(C#CC(=O)O)c2c(N)ncnc21. The fourth-order valence-electron chi connectivity index (χ4n) is 2.89. The Kier molecular flexibility index (Phi) is 4.09. The summed E-state index contributed by atoms with van der Waals surface area (Å²) in [7, 11) is 0. The van der Waals surface area contributed by atoms with Crippen molar-refractivity contribution >= 4 is 22.8 Å². The first-order valence-electron chi connectivity index (χ1n) is 7.30. The molecular formula is C15H16N4O6. The summed E-state index contributed by atoms with van der Waals surface area (Å²) < 4.78 is 6.95. The Bertz CT molecular complexity index is 897. The second-order valence-corrected chi connectivity index (χ2v) is 5.84. The third kappa shape index (κ3) is 2.69. The highest BCUT2D eigenvalue weighted by atomic mass is 16.6. The van der Waals surface area contributed by atoms with Crippen molar-refractivity contribution in [2.45, 2.75) is 31.0 Å². The number of hydrogen-bond donors (Lipinski definition) is 5. The summed E-state index contributed by atoms with van der Waals surface area (Å²) in [5.41, 5.74) is 4.59. The van der Waals surface area contributed by atoms with Crippen molar-refractivity contribution < 1.29 is 30.0 Å². The molecule has 0 radical (unpaired) electrons. The number of carbonyl (C=O) groups is 1. The molecule has 0 aromatic carbocycles. The quantitative estimate of drug-likeness (QED) is 0.404. The highest BCUT2D eigenvalue weighted by molar-refractivity contribution is 5.94. The topological polar surface area (TPSA) is 164 Å². The number of nitrogens with zero attached hydrogens (tertiary/aromatic N) is 3. The van der Waals surface area contributed by atoms with Crippen LogP contribution in [0.4, 0.5) is 5.82 Å². The number of rotatable bonds is 2. The van der Waals surface area contributed by atoms with E-state index in [0.29, 0.717) is 5.39 Å². The molecule has 6 N–H and O–H groups in total. The Hall–Kier alpha value is -2.71. The molecule has 3 rings (SSSR count). The van der Waals surface area contributed by atoms with Gasteiger partial charge in [-0.25, -0.2) is 14.8 Å². The summed E-state index contributed by atoms with van der Waals surface area (Å²) >= 11 is 0. The van der Waals surface area contributed by atoms with Crippen LogP contribution in [0.3, 0.4) is 0 Å². The summed E-state index contributed by atoms with van der Waals surface area (Å²) in [6.45, 7) is 0.868. The molecule has 0 amide bonds. The number of carboxylic acid groups (broad SMARTS) is 1. The lowest BCUT2D eigenvalue weighted by molar-refractivity contribution is -0.130. The van der Waals surface area contributed by atoms with E-state index >= 15 is 0 Å². The van der Waals surface area contributed by atoms with Crippen LogP contribution in [0.1, 0.15) is 18.7 Å². The van der Waals surface area contributed by atoms with Gasteiger partial charge in [0.25, 0.3) is 0 Å². The summed E-state index contributed by atoms with van der Waals surface area (Å²) in [6.07, 6.45) is -0.821. The number of nitrogens with two attached hydrogens (primary N) is 1. The molecule has 2 aromatic rings. The predicted molar refractivity (Wildman–Crippen MR) is 84.1 cm³/mol. The monoisotopic (exact) mass is 348 g/mol. The lowest BCUT2D eigenvalue weighted by Gasteiger charge is -2.27. The van der Waals surface area contributed by atoms with Gasteiger partial charge in [0, 0.05) is 12.1 Å². The van der Waals surface area contributed by atoms with Crippen LogP contribution in [0.15, 0.2) is 12.5 Å². The molecule has 0 bridgehead atoms. The van der Waals surface area contributed by atoms with Crippen LogP contribution in [0, 0.1) is 11.8 Å². The molecule has 10 heteroatoms. The predicted octanol–water partition coefficient (Wildman–Crippen LogP) is -1.55. The number of hydrogen-bond acceptors (Lipinski definition) is 8. The van der Waals surface area contributed by atoms with E-state index in [4.69, 9.17) is 15.6 Å². The minimum absolute atomic E-state index is 0.0790. The van der Waals surface area contributed by atoms with Crippen LogP contribution >= 0.6 is 0 Å². The van der Waals surface area contributed by atoms with Crippen molar-refractivity contribution in [2.24, 2.45) is 0 Å². The van der Waals surface area contributed by atoms with Gasteiger partial charge in [0.15, 0.2) is 6.23 Å². The molecule has 2 aromatic heterocycles. The van der Waals surface area contributed by atoms with E-state index in [1.165, 1.54) is 24.0 Å². The maximum absolute atomic E-state index is 10.7. The fourth-order valence-corrected chi connectivity index (χ4v) is 2.89. The molecule has 4 atom stereocenters. The molecule has 10 nitrogen and oxygen atoms in total. The Morgan fingerprint density at radius 1 is 1.52 bits per heavy atom. The Balaban J connectivity index is 2.20. The second-order valence-electron chi connectivity index (χ2n) is 5.84. The first-order valence-corrected chi connectivity index (χ1v) is 7.30. The smallest absolute Gasteiger partial charge is 0.382 e. The number of aliphatic hydroxyl groups is 3. The van der Waals surface area contributed by atoms with Crippen LogP contribution in [0.25, 0.3) is 11.0 Å². The fraction of sp³-hybridized carbons (Fsp3) is 0.400. The maximum Gasteiger partial charge on any atom is 0.382 e. The summed E-state index contributed by atoms with van der Waals surface area (Å²) in [6, 6.07) is 0. The molecule has 1 aliphatic heterocycles. The lowest BCUT2D eigenvalue weighted by Crippen LogP contribution is -2.44. The van der Waals surface area contributed by atoms with Gasteiger partial charge in [-0.3, -0.25) is 0 Å². The van der Waals surface area contributed by atoms with Crippen molar-refractivity contribution in [3.05, 3.63) is 18.1 Å². The van der Waals surface area contributed by atoms with Gasteiger partial charge in [-0.2, -0.15) is 0 Å². The van der Waals surface area contributed by atoms with E-state index in [2.05, 4.69) is 15.9 Å². The first kappa shape index (κ1) is 17.1. The Morgan fingerprint density at radius 2 is 2.24 bits per heavy atom. The van der Waals surface area contributed by atoms with E-state index in [9.17, 15) is 20.1 Å². The summed E-state index contributed by atoms with van der Waals surface area (Å²) in [5.74, 6) is 3.20. The number of fused-ring (bicyclic) bond motifs is 1. The molecule has 3 unspecified atom stereocenters. The van der Waals surface area contributed by atoms with Gasteiger partial charge in [0.05, 0.1) is 17.6 Å². The van der Waals surface area contributed by atoms with Gasteiger partial charge >= 0.3 is 5.97 Å². The van der Waals surface area contributed by atoms with Gasteiger partial charge in [-0.05, 0) is 6.92 Å². The zero-order valence-corrected chi connectivity index (χ0v) is 13.1. The van der Waals surface area contributed by atoms with Gasteiger partial charge in [-0.15, -0.1) is 0 Å². The number of nitrogen functional groups attached to an aromatic ring is 1. The zero-order valence-electron chi connectivity index (χ0n) is 13.1. The standard InChI is InChI=1S/C15H16N4O6/c1-15(24)11(23)8(5-20)25-14(15)19-4-7(2-3-9(21)22)10-12(16)17-6-18-13(10)19/h4,6,8,11,14,20,23-24H,5H2,1H3,(H,21,22)(H2,16,17,18)/t8?,11?,14?,15-/m1/s1. The third-order valence-electron chi connectivity index (χ3n) is 4.13. The van der Waals surface area contributed by atoms with Crippen LogP contribution in [-0.4, -0.2) is 65.3 Å². The van der Waals surface area contributed by atoms with E-state index in [-0.39, 0.29) is 17.0 Å². The Morgan fingerprint density at radius 3 is 2.84 bits per heavy atom. The second kappa shape index (κ2) is 5.98. The van der Waals surface area contributed by atoms with E-state index in [0.717, 1.165) is 0 Å². The van der Waals surface area contributed by atoms with Crippen LogP contribution < -0.4 is 5.73 Å². The van der Waals surface area contributed by atoms with E-state index < -0.39 is 36.6 Å². The number of ether oxygens (including phenoxy) is 1. The maximum atomic E-state index is 10.7. The van der Waals surface area contributed by atoms with Crippen molar-refractivity contribution in [1.29, 1.82) is 0 Å². The summed E-state index contributed by atoms with van der Waals surface area (Å²) in [5, 5.41) is 39.1. The van der Waals surface area contributed by atoms with Crippen LogP contribution in [0.2, 0.25) is 0 Å². The molecule has 0 aliphatic carbocycles. The largest absolute Gasteiger partial charge is 0.472 e. The van der Waals surface area contributed by atoms with Crippen molar-refractivity contribution in [3.63, 3.8) is 0 Å². The number of aromatic nitrogens is 3. The van der Waals surface area contributed by atoms with E-state index in [1.807, 2.05) is 5.92 Å². The number of carboxylic acids is 1. The Labute approximate surface area is 141 Å². The van der Waals surface area contributed by atoms with E-state index in [1.54, 1.807) is 0 Å². The number of aliphatic carboxylic acids is 1. The average Bonchev–Trinajstić information content (AvgIpc) is 3.02. The van der Waals surface area contributed by atoms with Gasteiger partial charge < -0.3 is 35.5 Å². The zero-order chi connectivity index (χ0) is 18.4. The first-order chi connectivity index (χ1) is 11.8. The molecule has 3 heterocycles. The molecule has 1 aliphatic rings. The normalized spacial score (nSPS) is 28.7. The molecule has 25 heavy (non-hydrogen) atoms. The average molecular weight is 348 g/mol. The lowest BCUT2D eigenvalue weighted by atomic mass is 9.96. The third-order valence-corrected chi connectivity index (χ3v) is 4.13. The highest BCUT2D eigenvalue weighted by Gasteiger charge is 2.53. The van der Waals surface area contributed by atoms with Gasteiger partial charge in [0.1, 0.15) is 35.6 Å². The van der Waals surface area contributed by atoms with Crippen LogP contribution in [0.5, 0.6) is 0 Å². The molecule has 1 fully saturated rings. The van der Waals surface area contributed by atoms with Crippen molar-refractivity contribution in [2.75, 3.05) is 12.3 Å². The highest BCUT2D eigenvalue weighted by Crippen LogP contribution is 2.40.